The van der Waals surface area contributed by atoms with Gasteiger partial charge in [0.05, 0.1) is 0 Å². The third-order valence-corrected chi connectivity index (χ3v) is 2.65. The lowest BCUT2D eigenvalue weighted by Crippen LogP contribution is -2.03. The van der Waals surface area contributed by atoms with E-state index in [1.165, 1.54) is 6.07 Å². The number of halogens is 1. The summed E-state index contributed by atoms with van der Waals surface area (Å²) in [6.45, 7) is 0.111. The van der Waals surface area contributed by atoms with E-state index in [0.29, 0.717) is 11.5 Å². The first kappa shape index (κ1) is 12.2. The van der Waals surface area contributed by atoms with Crippen LogP contribution in [0.15, 0.2) is 30.5 Å². The van der Waals surface area contributed by atoms with Gasteiger partial charge < -0.3 is 19.3 Å². The molecule has 6 nitrogen and oxygen atoms in total. The van der Waals surface area contributed by atoms with Gasteiger partial charge in [-0.05, 0) is 18.2 Å². The Bertz CT molecular complexity index is 688. The highest BCUT2D eigenvalue weighted by atomic mass is 19.1. The van der Waals surface area contributed by atoms with E-state index in [4.69, 9.17) is 19.3 Å². The van der Waals surface area contributed by atoms with Crippen molar-refractivity contribution in [3.63, 3.8) is 0 Å². The minimum Gasteiger partial charge on any atom is -0.478 e. The lowest BCUT2D eigenvalue weighted by molar-refractivity contribution is 0.0690. The highest BCUT2D eigenvalue weighted by Gasteiger charge is 2.18. The molecule has 0 spiro atoms. The van der Waals surface area contributed by atoms with Gasteiger partial charge in [-0.1, -0.05) is 0 Å². The third kappa shape index (κ3) is 2.09. The summed E-state index contributed by atoms with van der Waals surface area (Å²) in [7, 11) is 0. The fourth-order valence-electron chi connectivity index (χ4n) is 1.71. The Morgan fingerprint density at radius 2 is 2.10 bits per heavy atom. The Morgan fingerprint density at radius 3 is 2.90 bits per heavy atom. The first-order valence-corrected chi connectivity index (χ1v) is 5.60. The van der Waals surface area contributed by atoms with E-state index >= 15 is 0 Å². The monoisotopic (exact) mass is 277 g/mol. The fourth-order valence-corrected chi connectivity index (χ4v) is 1.71. The van der Waals surface area contributed by atoms with Crippen LogP contribution in [0.1, 0.15) is 10.4 Å². The van der Waals surface area contributed by atoms with E-state index in [9.17, 15) is 9.18 Å². The number of pyridine rings is 1. The predicted molar refractivity (Wildman–Crippen MR) is 63.8 cm³/mol. The molecule has 0 saturated heterocycles. The summed E-state index contributed by atoms with van der Waals surface area (Å²) >= 11 is 0. The van der Waals surface area contributed by atoms with Crippen molar-refractivity contribution >= 4 is 5.97 Å². The van der Waals surface area contributed by atoms with Gasteiger partial charge in [-0.25, -0.2) is 14.2 Å². The van der Waals surface area contributed by atoms with Gasteiger partial charge in [-0.2, -0.15) is 0 Å². The zero-order chi connectivity index (χ0) is 14.1. The molecule has 7 heteroatoms. The Morgan fingerprint density at radius 1 is 1.30 bits per heavy atom. The lowest BCUT2D eigenvalue weighted by atomic mass is 10.2. The van der Waals surface area contributed by atoms with E-state index in [1.54, 1.807) is 12.1 Å². The van der Waals surface area contributed by atoms with Crippen LogP contribution in [-0.4, -0.2) is 22.9 Å². The maximum Gasteiger partial charge on any atom is 0.338 e. The second-order valence-electron chi connectivity index (χ2n) is 3.90. The number of rotatable bonds is 3. The zero-order valence-corrected chi connectivity index (χ0v) is 10.00. The van der Waals surface area contributed by atoms with Crippen LogP contribution >= 0.6 is 0 Å². The Balaban J connectivity index is 1.92. The molecule has 1 aliphatic heterocycles. The van der Waals surface area contributed by atoms with Gasteiger partial charge in [0.15, 0.2) is 17.3 Å². The molecule has 0 amide bonds. The number of nitrogens with zero attached hydrogens (tertiary/aromatic N) is 1. The summed E-state index contributed by atoms with van der Waals surface area (Å²) in [6.07, 6.45) is 1.16. The molecule has 2 aromatic rings. The summed E-state index contributed by atoms with van der Waals surface area (Å²) in [5.74, 6) is -1.53. The molecule has 0 bridgehead atoms. The molecular formula is C13H8FNO5. The quantitative estimate of drug-likeness (QED) is 0.928. The summed E-state index contributed by atoms with van der Waals surface area (Å²) in [5, 5.41) is 8.82. The molecule has 0 radical (unpaired) electrons. The lowest BCUT2D eigenvalue weighted by Gasteiger charge is -2.07. The molecule has 3 rings (SSSR count). The minimum atomic E-state index is -1.39. The van der Waals surface area contributed by atoms with E-state index in [1.807, 2.05) is 0 Å². The number of hydrogen-bond donors (Lipinski definition) is 1. The Hall–Kier alpha value is -2.83. The Labute approximate surface area is 112 Å². The molecule has 102 valence electrons. The fraction of sp³-hybridized carbons (Fsp3) is 0.0769. The average molecular weight is 277 g/mol. The van der Waals surface area contributed by atoms with Crippen molar-refractivity contribution in [2.24, 2.45) is 0 Å². The van der Waals surface area contributed by atoms with Gasteiger partial charge in [0.1, 0.15) is 11.3 Å². The van der Waals surface area contributed by atoms with Crippen LogP contribution < -0.4 is 14.2 Å². The highest BCUT2D eigenvalue weighted by molar-refractivity contribution is 5.88. The smallest absolute Gasteiger partial charge is 0.338 e. The van der Waals surface area contributed by atoms with Gasteiger partial charge in [-0.3, -0.25) is 0 Å². The molecule has 0 atom stereocenters. The SMILES string of the molecule is O=C(O)c1ccnc(Oc2ccc3c(c2)OCO3)c1F. The van der Waals surface area contributed by atoms with Crippen LogP contribution in [0, 0.1) is 5.82 Å². The topological polar surface area (TPSA) is 77.9 Å². The average Bonchev–Trinajstić information content (AvgIpc) is 2.88. The molecule has 1 N–H and O–H groups in total. The maximum absolute atomic E-state index is 13.9. The molecule has 20 heavy (non-hydrogen) atoms. The van der Waals surface area contributed by atoms with E-state index < -0.39 is 23.2 Å². The molecule has 2 heterocycles. The van der Waals surface area contributed by atoms with Crippen molar-refractivity contribution < 1.29 is 28.5 Å². The van der Waals surface area contributed by atoms with Crippen molar-refractivity contribution in [1.29, 1.82) is 0 Å². The van der Waals surface area contributed by atoms with Crippen molar-refractivity contribution in [3.05, 3.63) is 41.8 Å². The second-order valence-corrected chi connectivity index (χ2v) is 3.90. The number of fused-ring (bicyclic) bond motifs is 1. The van der Waals surface area contributed by atoms with Crippen LogP contribution in [0.4, 0.5) is 4.39 Å². The highest BCUT2D eigenvalue weighted by Crippen LogP contribution is 2.36. The molecular weight excluding hydrogens is 269 g/mol. The second kappa shape index (κ2) is 4.69. The molecule has 1 aromatic carbocycles. The van der Waals surface area contributed by atoms with Gasteiger partial charge >= 0.3 is 5.97 Å². The van der Waals surface area contributed by atoms with Crippen LogP contribution in [0.3, 0.4) is 0 Å². The largest absolute Gasteiger partial charge is 0.478 e. The summed E-state index contributed by atoms with van der Waals surface area (Å²) in [5.41, 5.74) is -0.504. The van der Waals surface area contributed by atoms with Crippen LogP contribution in [0.5, 0.6) is 23.1 Å². The van der Waals surface area contributed by atoms with Crippen LogP contribution in [-0.2, 0) is 0 Å². The van der Waals surface area contributed by atoms with Crippen molar-refractivity contribution in [3.8, 4) is 23.1 Å². The minimum absolute atomic E-state index is 0.111. The molecule has 1 aliphatic rings. The van der Waals surface area contributed by atoms with E-state index in [0.717, 1.165) is 12.3 Å². The Kier molecular flexibility index (Phi) is 2.86. The molecule has 0 saturated carbocycles. The van der Waals surface area contributed by atoms with Crippen LogP contribution in [0.2, 0.25) is 0 Å². The number of aromatic carboxylic acids is 1. The number of aromatic nitrogens is 1. The molecule has 0 fully saturated rings. The van der Waals surface area contributed by atoms with E-state index in [2.05, 4.69) is 4.98 Å². The predicted octanol–water partition coefficient (Wildman–Crippen LogP) is 2.44. The summed E-state index contributed by atoms with van der Waals surface area (Å²) in [4.78, 5) is 14.5. The number of carboxylic acids is 1. The number of carboxylic acid groups (broad SMARTS) is 1. The van der Waals surface area contributed by atoms with Gasteiger partial charge in [-0.15, -0.1) is 0 Å². The van der Waals surface area contributed by atoms with Crippen molar-refractivity contribution in [1.82, 2.24) is 4.98 Å². The van der Waals surface area contributed by atoms with Crippen molar-refractivity contribution in [2.75, 3.05) is 6.79 Å². The van der Waals surface area contributed by atoms with Gasteiger partial charge in [0, 0.05) is 12.3 Å². The number of ether oxygens (including phenoxy) is 3. The molecule has 1 aromatic heterocycles. The standard InChI is InChI=1S/C13H8FNO5/c14-11-8(13(16)17)3-4-15-12(11)20-7-1-2-9-10(5-7)19-6-18-9/h1-5H,6H2,(H,16,17). The number of benzene rings is 1. The number of hydrogen-bond acceptors (Lipinski definition) is 5. The van der Waals surface area contributed by atoms with Gasteiger partial charge in [0.2, 0.25) is 6.79 Å². The first-order valence-electron chi connectivity index (χ1n) is 5.60. The summed E-state index contributed by atoms with van der Waals surface area (Å²) < 4.78 is 29.4. The normalized spacial score (nSPS) is 12.2. The van der Waals surface area contributed by atoms with Gasteiger partial charge in [0.25, 0.3) is 5.88 Å². The van der Waals surface area contributed by atoms with Crippen LogP contribution in [0.25, 0.3) is 0 Å². The molecule has 0 aliphatic carbocycles. The zero-order valence-electron chi connectivity index (χ0n) is 10.00. The third-order valence-electron chi connectivity index (χ3n) is 2.65. The van der Waals surface area contributed by atoms with E-state index in [-0.39, 0.29) is 12.5 Å². The number of carbonyl (C=O) groups is 1. The summed E-state index contributed by atoms with van der Waals surface area (Å²) in [6, 6.07) is 5.72. The van der Waals surface area contributed by atoms with Crippen molar-refractivity contribution in [2.45, 2.75) is 0 Å². The first-order chi connectivity index (χ1) is 9.65. The maximum atomic E-state index is 13.9. The molecule has 0 unspecified atom stereocenters.